The topological polar surface area (TPSA) is 30.7 Å². The van der Waals surface area contributed by atoms with Crippen molar-refractivity contribution in [1.29, 1.82) is 0 Å². The van der Waals surface area contributed by atoms with E-state index in [0.29, 0.717) is 5.95 Å². The molecule has 4 heteroatoms. The standard InChI is InChI=1S/C46H29N3S/c1-5-13-30(14-6-1)34-21-23-40-36(27-34)44-41(24-26-43-45(44)37-28-35(22-25-42(37)50-43)31-15-7-2-8-16-31)49(40)46-47-38(32-17-9-3-10-18-32)29-39(48-46)33-19-11-4-12-20-33/h1-29H. The van der Waals surface area contributed by atoms with Gasteiger partial charge in [0, 0.05) is 42.1 Å². The lowest BCUT2D eigenvalue weighted by molar-refractivity contribution is 0.996. The average Bonchev–Trinajstić information content (AvgIpc) is 3.74. The monoisotopic (exact) mass is 655 g/mol. The fourth-order valence-corrected chi connectivity index (χ4v) is 8.36. The quantitative estimate of drug-likeness (QED) is 0.185. The number of thiophene rings is 1. The van der Waals surface area contributed by atoms with E-state index >= 15 is 0 Å². The molecule has 10 rings (SSSR count). The first-order valence-electron chi connectivity index (χ1n) is 16.8. The Bertz CT molecular complexity index is 2780. The maximum absolute atomic E-state index is 5.29. The Morgan fingerprint density at radius 2 is 0.840 bits per heavy atom. The number of hydrogen-bond acceptors (Lipinski definition) is 3. The van der Waals surface area contributed by atoms with E-state index in [9.17, 15) is 0 Å². The highest BCUT2D eigenvalue weighted by Crippen LogP contribution is 2.45. The third-order valence-electron chi connectivity index (χ3n) is 9.63. The predicted molar refractivity (Wildman–Crippen MR) is 211 cm³/mol. The molecule has 0 amide bonds. The summed E-state index contributed by atoms with van der Waals surface area (Å²) < 4.78 is 4.81. The minimum atomic E-state index is 0.654. The Morgan fingerprint density at radius 1 is 0.360 bits per heavy atom. The Morgan fingerprint density at radius 3 is 1.42 bits per heavy atom. The minimum absolute atomic E-state index is 0.654. The SMILES string of the molecule is c1ccc(-c2ccc3sc4ccc5c(c6cc(-c7ccccc7)ccc6n5-c5nc(-c6ccccc6)cc(-c6ccccc6)n5)c4c3c2)cc1. The van der Waals surface area contributed by atoms with E-state index < -0.39 is 0 Å². The van der Waals surface area contributed by atoms with Crippen LogP contribution in [0.15, 0.2) is 176 Å². The third-order valence-corrected chi connectivity index (χ3v) is 10.8. The van der Waals surface area contributed by atoms with E-state index in [4.69, 9.17) is 9.97 Å². The summed E-state index contributed by atoms with van der Waals surface area (Å²) in [6.07, 6.45) is 0. The van der Waals surface area contributed by atoms with Gasteiger partial charge in [-0.05, 0) is 64.7 Å². The molecule has 0 aliphatic carbocycles. The summed E-state index contributed by atoms with van der Waals surface area (Å²) in [5, 5.41) is 4.95. The van der Waals surface area contributed by atoms with Gasteiger partial charge in [-0.2, -0.15) is 0 Å². The highest BCUT2D eigenvalue weighted by atomic mass is 32.1. The molecule has 10 aromatic rings. The van der Waals surface area contributed by atoms with Crippen molar-refractivity contribution >= 4 is 53.3 Å². The first-order chi connectivity index (χ1) is 24.8. The van der Waals surface area contributed by atoms with Crippen LogP contribution < -0.4 is 0 Å². The number of rotatable bonds is 5. The van der Waals surface area contributed by atoms with Crippen LogP contribution in [0.1, 0.15) is 0 Å². The van der Waals surface area contributed by atoms with Gasteiger partial charge in [-0.1, -0.05) is 133 Å². The molecule has 0 bridgehead atoms. The Labute approximate surface area is 293 Å². The molecule has 7 aromatic carbocycles. The van der Waals surface area contributed by atoms with Crippen molar-refractivity contribution in [2.45, 2.75) is 0 Å². The molecular formula is C46H29N3S. The van der Waals surface area contributed by atoms with Gasteiger partial charge < -0.3 is 0 Å². The zero-order valence-corrected chi connectivity index (χ0v) is 27.8. The largest absolute Gasteiger partial charge is 0.278 e. The summed E-state index contributed by atoms with van der Waals surface area (Å²) in [6.45, 7) is 0. The second-order valence-corrected chi connectivity index (χ2v) is 13.7. The molecule has 3 heterocycles. The summed E-state index contributed by atoms with van der Waals surface area (Å²) in [5.74, 6) is 0.654. The summed E-state index contributed by atoms with van der Waals surface area (Å²) in [5.41, 5.74) is 10.9. The van der Waals surface area contributed by atoms with Gasteiger partial charge in [-0.25, -0.2) is 9.97 Å². The molecular weight excluding hydrogens is 627 g/mol. The van der Waals surface area contributed by atoms with Crippen molar-refractivity contribution in [1.82, 2.24) is 14.5 Å². The minimum Gasteiger partial charge on any atom is -0.278 e. The van der Waals surface area contributed by atoms with E-state index in [1.807, 2.05) is 23.5 Å². The smallest absolute Gasteiger partial charge is 0.235 e. The molecule has 0 fully saturated rings. The van der Waals surface area contributed by atoms with E-state index in [0.717, 1.165) is 33.5 Å². The van der Waals surface area contributed by atoms with Crippen molar-refractivity contribution in [3.05, 3.63) is 176 Å². The second-order valence-electron chi connectivity index (χ2n) is 12.6. The van der Waals surface area contributed by atoms with Crippen LogP contribution in [0.25, 0.3) is 92.7 Å². The van der Waals surface area contributed by atoms with Gasteiger partial charge in [-0.3, -0.25) is 4.57 Å². The van der Waals surface area contributed by atoms with Gasteiger partial charge in [0.1, 0.15) is 0 Å². The molecule has 0 radical (unpaired) electrons. The van der Waals surface area contributed by atoms with Crippen LogP contribution in [0.4, 0.5) is 0 Å². The van der Waals surface area contributed by atoms with Crippen LogP contribution >= 0.6 is 11.3 Å². The second kappa shape index (κ2) is 11.7. The van der Waals surface area contributed by atoms with E-state index in [-0.39, 0.29) is 0 Å². The van der Waals surface area contributed by atoms with E-state index in [1.54, 1.807) is 0 Å². The number of hydrogen-bond donors (Lipinski definition) is 0. The zero-order chi connectivity index (χ0) is 33.0. The van der Waals surface area contributed by atoms with Crippen molar-refractivity contribution in [2.75, 3.05) is 0 Å². The highest BCUT2D eigenvalue weighted by Gasteiger charge is 2.21. The summed E-state index contributed by atoms with van der Waals surface area (Å²) in [4.78, 5) is 10.6. The molecule has 0 aliphatic rings. The van der Waals surface area contributed by atoms with Gasteiger partial charge in [0.2, 0.25) is 5.95 Å². The molecule has 3 aromatic heterocycles. The number of aromatic nitrogens is 3. The Hall–Kier alpha value is -6.36. The lowest BCUT2D eigenvalue weighted by Gasteiger charge is -2.12. The molecule has 3 nitrogen and oxygen atoms in total. The van der Waals surface area contributed by atoms with E-state index in [1.165, 1.54) is 53.2 Å². The van der Waals surface area contributed by atoms with Gasteiger partial charge in [0.25, 0.3) is 0 Å². The zero-order valence-electron chi connectivity index (χ0n) is 27.0. The normalized spacial score (nSPS) is 11.6. The third kappa shape index (κ3) is 4.73. The van der Waals surface area contributed by atoms with Crippen LogP contribution in [-0.4, -0.2) is 14.5 Å². The number of fused-ring (bicyclic) bond motifs is 7. The molecule has 0 aliphatic heterocycles. The van der Waals surface area contributed by atoms with Gasteiger partial charge >= 0.3 is 0 Å². The molecule has 234 valence electrons. The van der Waals surface area contributed by atoms with Crippen molar-refractivity contribution in [2.24, 2.45) is 0 Å². The Balaban J connectivity index is 1.32. The van der Waals surface area contributed by atoms with Crippen LogP contribution in [0.2, 0.25) is 0 Å². The summed E-state index contributed by atoms with van der Waals surface area (Å²) in [7, 11) is 0. The fourth-order valence-electron chi connectivity index (χ4n) is 7.26. The van der Waals surface area contributed by atoms with Gasteiger partial charge in [0.15, 0.2) is 0 Å². The van der Waals surface area contributed by atoms with Crippen LogP contribution in [-0.2, 0) is 0 Å². The van der Waals surface area contributed by atoms with Crippen molar-refractivity contribution in [3.8, 4) is 50.7 Å². The first kappa shape index (κ1) is 28.6. The van der Waals surface area contributed by atoms with Gasteiger partial charge in [-0.15, -0.1) is 11.3 Å². The molecule has 0 atom stereocenters. The van der Waals surface area contributed by atoms with Crippen molar-refractivity contribution in [3.63, 3.8) is 0 Å². The van der Waals surface area contributed by atoms with Crippen LogP contribution in [0.5, 0.6) is 0 Å². The fraction of sp³-hybridized carbons (Fsp3) is 0. The molecule has 0 N–H and O–H groups in total. The maximum Gasteiger partial charge on any atom is 0.235 e. The predicted octanol–water partition coefficient (Wildman–Crippen LogP) is 12.6. The molecule has 0 spiro atoms. The van der Waals surface area contributed by atoms with Crippen LogP contribution in [0.3, 0.4) is 0 Å². The first-order valence-corrected chi connectivity index (χ1v) is 17.6. The van der Waals surface area contributed by atoms with Crippen molar-refractivity contribution < 1.29 is 0 Å². The molecule has 0 unspecified atom stereocenters. The Kier molecular flexibility index (Phi) is 6.68. The van der Waals surface area contributed by atoms with Gasteiger partial charge in [0.05, 0.1) is 22.4 Å². The number of nitrogens with zero attached hydrogens (tertiary/aromatic N) is 3. The van der Waals surface area contributed by atoms with E-state index in [2.05, 4.69) is 168 Å². The number of benzene rings is 7. The summed E-state index contributed by atoms with van der Waals surface area (Å²) >= 11 is 1.85. The summed E-state index contributed by atoms with van der Waals surface area (Å²) in [6, 6.07) is 62.4. The molecule has 50 heavy (non-hydrogen) atoms. The molecule has 0 saturated carbocycles. The lowest BCUT2D eigenvalue weighted by atomic mass is 9.99. The van der Waals surface area contributed by atoms with Crippen LogP contribution in [0, 0.1) is 0 Å². The highest BCUT2D eigenvalue weighted by molar-refractivity contribution is 7.26. The average molecular weight is 656 g/mol. The maximum atomic E-state index is 5.29. The molecule has 0 saturated heterocycles. The lowest BCUT2D eigenvalue weighted by Crippen LogP contribution is -2.04.